The number of fused-ring (bicyclic) bond motifs is 1. The number of rotatable bonds is 5. The van der Waals surface area contributed by atoms with Gasteiger partial charge in [-0.15, -0.1) is 11.8 Å². The standard InChI is InChI=1S/C17H22N2O2S/c1-10(2)19(11(3)4)17(21)16(20)14-9-18-15-7-6-12(22-5)8-13(14)15/h6-11,18H,1-5H3. The van der Waals surface area contributed by atoms with E-state index in [0.717, 1.165) is 15.8 Å². The Balaban J connectivity index is 2.42. The lowest BCUT2D eigenvalue weighted by molar-refractivity contribution is -0.129. The molecule has 22 heavy (non-hydrogen) atoms. The number of nitrogens with one attached hydrogen (secondary N) is 1. The summed E-state index contributed by atoms with van der Waals surface area (Å²) in [4.78, 5) is 31.0. The molecule has 1 amide bonds. The number of hydrogen-bond acceptors (Lipinski definition) is 3. The predicted octanol–water partition coefficient (Wildman–Crippen LogP) is 3.72. The number of carbonyl (C=O) groups excluding carboxylic acids is 2. The molecule has 118 valence electrons. The van der Waals surface area contributed by atoms with Crippen LogP contribution in [0.15, 0.2) is 29.3 Å². The van der Waals surface area contributed by atoms with Gasteiger partial charge in [-0.25, -0.2) is 0 Å². The summed E-state index contributed by atoms with van der Waals surface area (Å²) in [6.07, 6.45) is 3.62. The van der Waals surface area contributed by atoms with Gasteiger partial charge in [-0.3, -0.25) is 9.59 Å². The van der Waals surface area contributed by atoms with E-state index < -0.39 is 11.7 Å². The van der Waals surface area contributed by atoms with Gasteiger partial charge in [0, 0.05) is 34.1 Å². The van der Waals surface area contributed by atoms with Crippen LogP contribution in [0.1, 0.15) is 38.1 Å². The van der Waals surface area contributed by atoms with Crippen molar-refractivity contribution in [1.82, 2.24) is 9.88 Å². The molecule has 0 saturated carbocycles. The van der Waals surface area contributed by atoms with E-state index in [1.165, 1.54) is 0 Å². The molecule has 0 spiro atoms. The van der Waals surface area contributed by atoms with E-state index >= 15 is 0 Å². The van der Waals surface area contributed by atoms with E-state index in [0.29, 0.717) is 5.56 Å². The van der Waals surface area contributed by atoms with Crippen LogP contribution < -0.4 is 0 Å². The second kappa shape index (κ2) is 6.57. The van der Waals surface area contributed by atoms with Crippen molar-refractivity contribution in [3.8, 4) is 0 Å². The van der Waals surface area contributed by atoms with Crippen LogP contribution in [0.25, 0.3) is 10.9 Å². The number of aromatic amines is 1. The highest BCUT2D eigenvalue weighted by Gasteiger charge is 2.28. The highest BCUT2D eigenvalue weighted by Crippen LogP contribution is 2.25. The quantitative estimate of drug-likeness (QED) is 0.519. The highest BCUT2D eigenvalue weighted by molar-refractivity contribution is 7.98. The van der Waals surface area contributed by atoms with Crippen molar-refractivity contribution in [1.29, 1.82) is 0 Å². The average molecular weight is 318 g/mol. The Kier molecular flexibility index (Phi) is 4.96. The minimum Gasteiger partial charge on any atom is -0.360 e. The Morgan fingerprint density at radius 3 is 2.32 bits per heavy atom. The number of benzene rings is 1. The molecule has 4 nitrogen and oxygen atoms in total. The van der Waals surface area contributed by atoms with Crippen LogP contribution >= 0.6 is 11.8 Å². The zero-order valence-corrected chi connectivity index (χ0v) is 14.5. The number of hydrogen-bond donors (Lipinski definition) is 1. The van der Waals surface area contributed by atoms with Gasteiger partial charge in [0.15, 0.2) is 0 Å². The fourth-order valence-corrected chi connectivity index (χ4v) is 3.15. The largest absolute Gasteiger partial charge is 0.360 e. The van der Waals surface area contributed by atoms with Gasteiger partial charge < -0.3 is 9.88 Å². The third-order valence-corrected chi connectivity index (χ3v) is 4.40. The molecule has 0 atom stereocenters. The molecule has 0 unspecified atom stereocenters. The number of nitrogens with zero attached hydrogens (tertiary/aromatic N) is 1. The second-order valence-electron chi connectivity index (χ2n) is 5.84. The summed E-state index contributed by atoms with van der Waals surface area (Å²) in [5.74, 6) is -0.896. The van der Waals surface area contributed by atoms with Gasteiger partial charge in [0.1, 0.15) is 0 Å². The number of amides is 1. The molecular formula is C17H22N2O2S. The van der Waals surface area contributed by atoms with Crippen molar-refractivity contribution in [3.63, 3.8) is 0 Å². The number of Topliss-reactive ketones (excluding diaryl/α,β-unsaturated/α-hetero) is 1. The van der Waals surface area contributed by atoms with Crippen LogP contribution in [0.5, 0.6) is 0 Å². The topological polar surface area (TPSA) is 53.2 Å². The van der Waals surface area contributed by atoms with E-state index in [-0.39, 0.29) is 12.1 Å². The van der Waals surface area contributed by atoms with Gasteiger partial charge in [-0.05, 0) is 52.1 Å². The Bertz CT molecular complexity index is 696. The number of thioether (sulfide) groups is 1. The van der Waals surface area contributed by atoms with Gasteiger partial charge >= 0.3 is 0 Å². The highest BCUT2D eigenvalue weighted by atomic mass is 32.2. The lowest BCUT2D eigenvalue weighted by atomic mass is 10.1. The van der Waals surface area contributed by atoms with Crippen LogP contribution in [-0.4, -0.2) is 39.9 Å². The Morgan fingerprint density at radius 2 is 1.77 bits per heavy atom. The van der Waals surface area contributed by atoms with Crippen LogP contribution in [-0.2, 0) is 4.79 Å². The van der Waals surface area contributed by atoms with E-state index in [2.05, 4.69) is 4.98 Å². The van der Waals surface area contributed by atoms with Crippen LogP contribution in [0.4, 0.5) is 0 Å². The molecular weight excluding hydrogens is 296 g/mol. The minimum absolute atomic E-state index is 0.0107. The normalized spacial score (nSPS) is 11.4. The average Bonchev–Trinajstić information content (AvgIpc) is 2.88. The first-order chi connectivity index (χ1) is 10.4. The van der Waals surface area contributed by atoms with Crippen molar-refractivity contribution in [3.05, 3.63) is 30.0 Å². The number of ketones is 1. The van der Waals surface area contributed by atoms with E-state index in [9.17, 15) is 9.59 Å². The molecule has 1 aromatic carbocycles. The molecule has 0 radical (unpaired) electrons. The molecule has 0 aliphatic carbocycles. The summed E-state index contributed by atoms with van der Waals surface area (Å²) in [6.45, 7) is 7.69. The second-order valence-corrected chi connectivity index (χ2v) is 6.72. The molecule has 1 N–H and O–H groups in total. The number of carbonyl (C=O) groups is 2. The van der Waals surface area contributed by atoms with Crippen molar-refractivity contribution < 1.29 is 9.59 Å². The molecule has 0 saturated heterocycles. The smallest absolute Gasteiger partial charge is 0.295 e. The van der Waals surface area contributed by atoms with Crippen molar-refractivity contribution in [2.45, 2.75) is 44.7 Å². The summed E-state index contributed by atoms with van der Waals surface area (Å²) < 4.78 is 0. The molecule has 0 bridgehead atoms. The van der Waals surface area contributed by atoms with Crippen LogP contribution in [0, 0.1) is 0 Å². The van der Waals surface area contributed by atoms with Crippen molar-refractivity contribution in [2.75, 3.05) is 6.26 Å². The van der Waals surface area contributed by atoms with Crippen molar-refractivity contribution >= 4 is 34.4 Å². The molecule has 2 aromatic rings. The summed E-state index contributed by atoms with van der Waals surface area (Å²) in [6, 6.07) is 5.86. The summed E-state index contributed by atoms with van der Waals surface area (Å²) >= 11 is 1.61. The van der Waals surface area contributed by atoms with Gasteiger partial charge in [0.2, 0.25) is 0 Å². The maximum Gasteiger partial charge on any atom is 0.295 e. The monoisotopic (exact) mass is 318 g/mol. The fraction of sp³-hybridized carbons (Fsp3) is 0.412. The maximum absolute atomic E-state index is 12.7. The summed E-state index contributed by atoms with van der Waals surface area (Å²) in [5, 5.41) is 0.803. The molecule has 5 heteroatoms. The summed E-state index contributed by atoms with van der Waals surface area (Å²) in [7, 11) is 0. The Hall–Kier alpha value is -1.75. The molecule has 0 aliphatic heterocycles. The zero-order chi connectivity index (χ0) is 16.4. The molecule has 1 aromatic heterocycles. The van der Waals surface area contributed by atoms with Gasteiger partial charge in [0.05, 0.1) is 5.56 Å². The molecule has 0 aliphatic rings. The first-order valence-corrected chi connectivity index (χ1v) is 8.61. The van der Waals surface area contributed by atoms with E-state index in [1.54, 1.807) is 22.9 Å². The van der Waals surface area contributed by atoms with E-state index in [4.69, 9.17) is 0 Å². The third-order valence-electron chi connectivity index (χ3n) is 3.67. The molecule has 2 rings (SSSR count). The third kappa shape index (κ3) is 3.04. The zero-order valence-electron chi connectivity index (χ0n) is 13.6. The first-order valence-electron chi connectivity index (χ1n) is 7.39. The first kappa shape index (κ1) is 16.6. The van der Waals surface area contributed by atoms with E-state index in [1.807, 2.05) is 52.1 Å². The molecule has 0 fully saturated rings. The lowest BCUT2D eigenvalue weighted by Gasteiger charge is -2.29. The maximum atomic E-state index is 12.7. The SMILES string of the molecule is CSc1ccc2[nH]cc(C(=O)C(=O)N(C(C)C)C(C)C)c2c1. The van der Waals surface area contributed by atoms with Gasteiger partial charge in [-0.1, -0.05) is 0 Å². The predicted molar refractivity (Wildman–Crippen MR) is 91.5 cm³/mol. The summed E-state index contributed by atoms with van der Waals surface area (Å²) in [5.41, 5.74) is 1.32. The van der Waals surface area contributed by atoms with Crippen LogP contribution in [0.2, 0.25) is 0 Å². The number of aromatic nitrogens is 1. The molecule has 1 heterocycles. The van der Waals surface area contributed by atoms with Crippen molar-refractivity contribution in [2.24, 2.45) is 0 Å². The van der Waals surface area contributed by atoms with Gasteiger partial charge in [-0.2, -0.15) is 0 Å². The Morgan fingerprint density at radius 1 is 1.14 bits per heavy atom. The minimum atomic E-state index is -0.452. The lowest BCUT2D eigenvalue weighted by Crippen LogP contribution is -2.45. The van der Waals surface area contributed by atoms with Crippen LogP contribution in [0.3, 0.4) is 0 Å². The number of H-pyrrole nitrogens is 1. The van der Waals surface area contributed by atoms with Gasteiger partial charge in [0.25, 0.3) is 11.7 Å². The Labute approximate surface area is 135 Å². The fourth-order valence-electron chi connectivity index (χ4n) is 2.71.